The Balaban J connectivity index is 2.44. The molecule has 0 amide bonds. The van der Waals surface area contributed by atoms with Crippen LogP contribution in [-0.4, -0.2) is 12.3 Å². The molecule has 1 heterocycles. The Hall–Kier alpha value is -0.550. The summed E-state index contributed by atoms with van der Waals surface area (Å²) in [5.74, 6) is 0. The second kappa shape index (κ2) is 1.96. The number of hydrogen-bond donors (Lipinski definition) is 0. The van der Waals surface area contributed by atoms with Crippen molar-refractivity contribution in [2.75, 3.05) is 12.3 Å². The first-order valence-corrected chi connectivity index (χ1v) is 5.53. The highest BCUT2D eigenvalue weighted by Gasteiger charge is 2.37. The van der Waals surface area contributed by atoms with E-state index in [0.29, 0.717) is 0 Å². The monoisotopic (exact) mass is 152 g/mol. The molecule has 1 saturated heterocycles. The molecule has 52 valence electrons. The highest BCUT2D eigenvalue weighted by molar-refractivity contribution is 7.78. The fraction of sp³-hybridized carbons (Fsp3) is 0.250. The van der Waals surface area contributed by atoms with Gasteiger partial charge in [-0.05, 0) is 0 Å². The summed E-state index contributed by atoms with van der Waals surface area (Å²) in [5, 5.41) is 1.06. The van der Waals surface area contributed by atoms with Crippen molar-refractivity contribution >= 4 is 12.4 Å². The summed E-state index contributed by atoms with van der Waals surface area (Å²) >= 11 is 0. The zero-order valence-electron chi connectivity index (χ0n) is 5.66. The highest BCUT2D eigenvalue weighted by atomic mass is 31.2. The summed E-state index contributed by atoms with van der Waals surface area (Å²) in [6.07, 6.45) is 1.86. The van der Waals surface area contributed by atoms with Crippen LogP contribution in [0.3, 0.4) is 0 Å². The minimum absolute atomic E-state index is 0.928. The van der Waals surface area contributed by atoms with E-state index in [9.17, 15) is 4.57 Å². The van der Waals surface area contributed by atoms with E-state index >= 15 is 0 Å². The van der Waals surface area contributed by atoms with Crippen LogP contribution in [-0.2, 0) is 4.57 Å². The van der Waals surface area contributed by atoms with Crippen molar-refractivity contribution in [1.82, 2.24) is 0 Å². The van der Waals surface area contributed by atoms with Crippen LogP contribution in [0.5, 0.6) is 0 Å². The zero-order chi connectivity index (χ0) is 7.03. The minimum Gasteiger partial charge on any atom is -0.319 e. The summed E-state index contributed by atoms with van der Waals surface area (Å²) in [7, 11) is -1.77. The normalized spacial score (nSPS) is 20.4. The lowest BCUT2D eigenvalue weighted by Gasteiger charge is -1.94. The maximum absolute atomic E-state index is 11.5. The first-order chi connectivity index (χ1) is 4.81. The molecule has 1 aromatic rings. The quantitative estimate of drug-likeness (QED) is 0.559. The molecule has 0 aromatic heterocycles. The highest BCUT2D eigenvalue weighted by Crippen LogP contribution is 2.58. The summed E-state index contributed by atoms with van der Waals surface area (Å²) in [6, 6.07) is 9.79. The zero-order valence-corrected chi connectivity index (χ0v) is 6.55. The molecule has 0 bridgehead atoms. The Kier molecular flexibility index (Phi) is 1.21. The molecule has 0 unspecified atom stereocenters. The average Bonchev–Trinajstić information content (AvgIpc) is 2.72. The molecule has 0 saturated carbocycles. The van der Waals surface area contributed by atoms with Crippen molar-refractivity contribution in [1.29, 1.82) is 0 Å². The molecule has 10 heavy (non-hydrogen) atoms. The van der Waals surface area contributed by atoms with E-state index in [1.807, 2.05) is 30.3 Å². The molecule has 1 aliphatic rings. The molecule has 0 spiro atoms. The van der Waals surface area contributed by atoms with E-state index in [1.165, 1.54) is 0 Å². The van der Waals surface area contributed by atoms with Gasteiger partial charge in [0, 0.05) is 17.6 Å². The standard InChI is InChI=1S/C8H9OP/c9-10(6-7-10)8-4-2-1-3-5-8/h1-5H,6-7H2. The lowest BCUT2D eigenvalue weighted by atomic mass is 10.4. The van der Waals surface area contributed by atoms with Crippen molar-refractivity contribution in [3.63, 3.8) is 0 Å². The number of rotatable bonds is 1. The first kappa shape index (κ1) is 6.18. The van der Waals surface area contributed by atoms with Crippen molar-refractivity contribution in [3.8, 4) is 0 Å². The SMILES string of the molecule is O=P1(c2ccccc2)CC1. The van der Waals surface area contributed by atoms with Crippen LogP contribution in [0.4, 0.5) is 0 Å². The predicted molar refractivity (Wildman–Crippen MR) is 43.4 cm³/mol. The van der Waals surface area contributed by atoms with E-state index < -0.39 is 7.14 Å². The molecule has 0 atom stereocenters. The van der Waals surface area contributed by atoms with Crippen LogP contribution in [0.15, 0.2) is 30.3 Å². The summed E-state index contributed by atoms with van der Waals surface area (Å²) in [5.41, 5.74) is 0. The van der Waals surface area contributed by atoms with E-state index in [2.05, 4.69) is 0 Å². The van der Waals surface area contributed by atoms with Gasteiger partial charge in [-0.2, -0.15) is 0 Å². The van der Waals surface area contributed by atoms with Gasteiger partial charge in [-0.1, -0.05) is 30.3 Å². The molecule has 2 heteroatoms. The van der Waals surface area contributed by atoms with Crippen molar-refractivity contribution in [2.24, 2.45) is 0 Å². The number of benzene rings is 1. The Labute approximate surface area is 60.4 Å². The van der Waals surface area contributed by atoms with Crippen LogP contribution in [0, 0.1) is 0 Å². The molecule has 0 radical (unpaired) electrons. The Bertz CT molecular complexity index is 271. The van der Waals surface area contributed by atoms with Gasteiger partial charge in [-0.25, -0.2) is 0 Å². The van der Waals surface area contributed by atoms with Crippen LogP contribution in [0.1, 0.15) is 0 Å². The van der Waals surface area contributed by atoms with E-state index in [0.717, 1.165) is 17.6 Å². The van der Waals surface area contributed by atoms with E-state index in [-0.39, 0.29) is 0 Å². The molecule has 0 aliphatic carbocycles. The Morgan fingerprint density at radius 1 is 1.10 bits per heavy atom. The molecular weight excluding hydrogens is 143 g/mol. The second-order valence-corrected chi connectivity index (χ2v) is 5.86. The number of hydrogen-bond acceptors (Lipinski definition) is 1. The fourth-order valence-electron chi connectivity index (χ4n) is 1.05. The third-order valence-corrected chi connectivity index (χ3v) is 4.36. The van der Waals surface area contributed by atoms with Gasteiger partial charge in [0.15, 0.2) is 0 Å². The fourth-order valence-corrected chi connectivity index (χ4v) is 3.01. The van der Waals surface area contributed by atoms with Crippen LogP contribution in [0.25, 0.3) is 0 Å². The van der Waals surface area contributed by atoms with E-state index in [1.54, 1.807) is 0 Å². The maximum Gasteiger partial charge on any atom is 0.116 e. The van der Waals surface area contributed by atoms with Crippen molar-refractivity contribution in [2.45, 2.75) is 0 Å². The topological polar surface area (TPSA) is 17.1 Å². The second-order valence-electron chi connectivity index (χ2n) is 2.67. The van der Waals surface area contributed by atoms with Crippen LogP contribution in [0.2, 0.25) is 0 Å². The maximum atomic E-state index is 11.5. The third-order valence-electron chi connectivity index (χ3n) is 1.86. The predicted octanol–water partition coefficient (Wildman–Crippen LogP) is 1.69. The van der Waals surface area contributed by atoms with Gasteiger partial charge in [0.05, 0.1) is 0 Å². The molecule has 1 fully saturated rings. The summed E-state index contributed by atoms with van der Waals surface area (Å²) < 4.78 is 11.5. The average molecular weight is 152 g/mol. The smallest absolute Gasteiger partial charge is 0.116 e. The lowest BCUT2D eigenvalue weighted by molar-refractivity contribution is 0.593. The molecular formula is C8H9OP. The van der Waals surface area contributed by atoms with Gasteiger partial charge in [0.25, 0.3) is 0 Å². The Morgan fingerprint density at radius 3 is 2.20 bits per heavy atom. The van der Waals surface area contributed by atoms with Crippen LogP contribution < -0.4 is 5.30 Å². The molecule has 1 nitrogen and oxygen atoms in total. The molecule has 1 aromatic carbocycles. The van der Waals surface area contributed by atoms with Gasteiger partial charge in [0.2, 0.25) is 0 Å². The molecule has 0 N–H and O–H groups in total. The van der Waals surface area contributed by atoms with Gasteiger partial charge < -0.3 is 4.57 Å². The van der Waals surface area contributed by atoms with Crippen molar-refractivity contribution < 1.29 is 4.57 Å². The van der Waals surface area contributed by atoms with Gasteiger partial charge in [0.1, 0.15) is 7.14 Å². The summed E-state index contributed by atoms with van der Waals surface area (Å²) in [4.78, 5) is 0. The summed E-state index contributed by atoms with van der Waals surface area (Å²) in [6.45, 7) is 0. The van der Waals surface area contributed by atoms with Gasteiger partial charge in [-0.3, -0.25) is 0 Å². The molecule has 1 aliphatic heterocycles. The third kappa shape index (κ3) is 0.911. The first-order valence-electron chi connectivity index (χ1n) is 3.45. The largest absolute Gasteiger partial charge is 0.319 e. The Morgan fingerprint density at radius 2 is 1.70 bits per heavy atom. The van der Waals surface area contributed by atoms with Crippen molar-refractivity contribution in [3.05, 3.63) is 30.3 Å². The molecule has 2 rings (SSSR count). The van der Waals surface area contributed by atoms with Crippen LogP contribution >= 0.6 is 7.14 Å². The minimum atomic E-state index is -1.77. The lowest BCUT2D eigenvalue weighted by Crippen LogP contribution is -1.93. The van der Waals surface area contributed by atoms with Gasteiger partial charge in [-0.15, -0.1) is 0 Å². The van der Waals surface area contributed by atoms with E-state index in [4.69, 9.17) is 0 Å². The van der Waals surface area contributed by atoms with Gasteiger partial charge >= 0.3 is 0 Å².